The van der Waals surface area contributed by atoms with Crippen molar-refractivity contribution in [3.8, 4) is 17.6 Å². The highest BCUT2D eigenvalue weighted by molar-refractivity contribution is 14.1. The second-order valence-corrected chi connectivity index (χ2v) is 8.58. The Morgan fingerprint density at radius 1 is 1.27 bits per heavy atom. The number of halogens is 1. The summed E-state index contributed by atoms with van der Waals surface area (Å²) >= 11 is 3.09. The number of methoxy groups -OCH3 is 1. The van der Waals surface area contributed by atoms with Crippen LogP contribution >= 0.6 is 34.4 Å². The molecule has 154 valence electrons. The van der Waals surface area contributed by atoms with Crippen molar-refractivity contribution >= 4 is 51.6 Å². The van der Waals surface area contributed by atoms with Crippen molar-refractivity contribution in [3.63, 3.8) is 0 Å². The Balaban J connectivity index is 1.85. The van der Waals surface area contributed by atoms with Crippen LogP contribution in [0, 0.1) is 14.9 Å². The first-order valence-corrected chi connectivity index (χ1v) is 11.1. The van der Waals surface area contributed by atoms with Crippen LogP contribution in [-0.2, 0) is 11.4 Å². The number of benzene rings is 2. The summed E-state index contributed by atoms with van der Waals surface area (Å²) in [5, 5.41) is 9.00. The summed E-state index contributed by atoms with van der Waals surface area (Å²) in [4.78, 5) is 26.2. The maximum absolute atomic E-state index is 12.5. The van der Waals surface area contributed by atoms with Gasteiger partial charge in [0.05, 0.1) is 27.2 Å². The van der Waals surface area contributed by atoms with Crippen LogP contribution in [0.3, 0.4) is 0 Å². The lowest BCUT2D eigenvalue weighted by atomic mass is 10.1. The fourth-order valence-electron chi connectivity index (χ4n) is 2.94. The van der Waals surface area contributed by atoms with Gasteiger partial charge in [-0.3, -0.25) is 14.5 Å². The summed E-state index contributed by atoms with van der Waals surface area (Å²) in [6, 6.07) is 13.0. The third-order valence-corrected chi connectivity index (χ3v) is 6.09. The molecule has 6 nitrogen and oxygen atoms in total. The Hall–Kier alpha value is -2.51. The van der Waals surface area contributed by atoms with Crippen LogP contribution in [0.25, 0.3) is 6.08 Å². The largest absolute Gasteiger partial charge is 0.493 e. The molecule has 0 atom stereocenters. The Morgan fingerprint density at radius 2 is 2.03 bits per heavy atom. The highest BCUT2D eigenvalue weighted by Gasteiger charge is 2.34. The predicted molar refractivity (Wildman–Crippen MR) is 124 cm³/mol. The summed E-state index contributed by atoms with van der Waals surface area (Å²) < 4.78 is 12.2. The molecular weight excluding hydrogens is 515 g/mol. The molecule has 30 heavy (non-hydrogen) atoms. The van der Waals surface area contributed by atoms with Crippen LogP contribution in [-0.4, -0.2) is 29.7 Å². The number of imide groups is 1. The molecule has 2 amide bonds. The molecule has 0 N–H and O–H groups in total. The number of hydrogen-bond donors (Lipinski definition) is 0. The zero-order chi connectivity index (χ0) is 21.7. The number of nitrogens with zero attached hydrogens (tertiary/aromatic N) is 2. The van der Waals surface area contributed by atoms with Gasteiger partial charge in [0, 0.05) is 12.1 Å². The summed E-state index contributed by atoms with van der Waals surface area (Å²) in [7, 11) is 1.54. The SMILES string of the molecule is CCCN1C(=O)S/C(=C/c2cc(I)c(OCc3ccccc3C#N)c(OC)c2)C1=O. The van der Waals surface area contributed by atoms with Crippen molar-refractivity contribution in [2.75, 3.05) is 13.7 Å². The maximum Gasteiger partial charge on any atom is 0.293 e. The van der Waals surface area contributed by atoms with Gasteiger partial charge in [-0.05, 0) is 70.6 Å². The summed E-state index contributed by atoms with van der Waals surface area (Å²) in [5.74, 6) is 0.798. The third kappa shape index (κ3) is 4.79. The number of nitriles is 1. The van der Waals surface area contributed by atoms with E-state index in [-0.39, 0.29) is 17.8 Å². The van der Waals surface area contributed by atoms with Crippen LogP contribution in [0.15, 0.2) is 41.3 Å². The van der Waals surface area contributed by atoms with Crippen molar-refractivity contribution in [1.29, 1.82) is 5.26 Å². The topological polar surface area (TPSA) is 79.6 Å². The molecule has 0 bridgehead atoms. The molecule has 0 unspecified atom stereocenters. The van der Waals surface area contributed by atoms with Gasteiger partial charge in [0.1, 0.15) is 6.61 Å². The Labute approximate surface area is 193 Å². The van der Waals surface area contributed by atoms with Crippen LogP contribution < -0.4 is 9.47 Å². The van der Waals surface area contributed by atoms with Crippen molar-refractivity contribution < 1.29 is 19.1 Å². The van der Waals surface area contributed by atoms with Gasteiger partial charge in [0.15, 0.2) is 11.5 Å². The lowest BCUT2D eigenvalue weighted by molar-refractivity contribution is -0.122. The van der Waals surface area contributed by atoms with E-state index >= 15 is 0 Å². The average Bonchev–Trinajstić information content (AvgIpc) is 3.00. The number of carbonyl (C=O) groups is 2. The number of hydrogen-bond acceptors (Lipinski definition) is 6. The van der Waals surface area contributed by atoms with Gasteiger partial charge in [-0.1, -0.05) is 25.1 Å². The van der Waals surface area contributed by atoms with Crippen LogP contribution in [0.5, 0.6) is 11.5 Å². The lowest BCUT2D eigenvalue weighted by Crippen LogP contribution is -2.28. The number of ether oxygens (including phenoxy) is 2. The number of carbonyl (C=O) groups excluding carboxylic acids is 2. The minimum absolute atomic E-state index is 0.228. The molecule has 1 saturated heterocycles. The molecule has 0 spiro atoms. The van der Waals surface area contributed by atoms with Crippen molar-refractivity contribution in [2.45, 2.75) is 20.0 Å². The van der Waals surface area contributed by atoms with Crippen LogP contribution in [0.4, 0.5) is 4.79 Å². The lowest BCUT2D eigenvalue weighted by Gasteiger charge is -2.14. The van der Waals surface area contributed by atoms with E-state index in [1.807, 2.05) is 31.2 Å². The maximum atomic E-state index is 12.5. The van der Waals surface area contributed by atoms with E-state index in [2.05, 4.69) is 28.7 Å². The van der Waals surface area contributed by atoms with Crippen molar-refractivity contribution in [1.82, 2.24) is 4.90 Å². The molecule has 1 aliphatic heterocycles. The first-order valence-electron chi connectivity index (χ1n) is 9.22. The van der Waals surface area contributed by atoms with E-state index in [0.29, 0.717) is 28.5 Å². The van der Waals surface area contributed by atoms with Crippen molar-refractivity contribution in [2.24, 2.45) is 0 Å². The van der Waals surface area contributed by atoms with E-state index < -0.39 is 0 Å². The number of thioether (sulfide) groups is 1. The van der Waals surface area contributed by atoms with Crippen LogP contribution in [0.1, 0.15) is 30.0 Å². The van der Waals surface area contributed by atoms with Crippen molar-refractivity contribution in [3.05, 3.63) is 61.6 Å². The van der Waals surface area contributed by atoms with Gasteiger partial charge in [0.2, 0.25) is 0 Å². The second-order valence-electron chi connectivity index (χ2n) is 6.43. The molecule has 1 aliphatic rings. The Kier molecular flexibility index (Phi) is 7.39. The quantitative estimate of drug-likeness (QED) is 0.359. The summed E-state index contributed by atoms with van der Waals surface area (Å²) in [5.41, 5.74) is 2.08. The number of rotatable bonds is 7. The number of amides is 2. The van der Waals surface area contributed by atoms with Crippen LogP contribution in [0.2, 0.25) is 0 Å². The first kappa shape index (κ1) is 22.2. The second kappa shape index (κ2) is 10.00. The minimum Gasteiger partial charge on any atom is -0.493 e. The highest BCUT2D eigenvalue weighted by Crippen LogP contribution is 2.37. The molecule has 8 heteroatoms. The zero-order valence-corrected chi connectivity index (χ0v) is 19.5. The molecule has 1 fully saturated rings. The normalized spacial score (nSPS) is 14.9. The summed E-state index contributed by atoms with van der Waals surface area (Å²) in [6.45, 7) is 2.57. The standard InChI is InChI=1S/C22H19IN2O4S/c1-3-8-25-21(26)19(30-22(25)27)11-14-9-17(23)20(18(10-14)28-2)29-13-16-7-5-4-6-15(16)12-24/h4-7,9-11H,3,8,13H2,1-2H3/b19-11+. The smallest absolute Gasteiger partial charge is 0.293 e. The molecular formula is C22H19IN2O4S. The van der Waals surface area contributed by atoms with Gasteiger partial charge >= 0.3 is 0 Å². The molecule has 2 aromatic rings. The molecule has 0 saturated carbocycles. The van der Waals surface area contributed by atoms with E-state index in [1.165, 1.54) is 4.90 Å². The summed E-state index contributed by atoms with van der Waals surface area (Å²) in [6.07, 6.45) is 2.41. The monoisotopic (exact) mass is 534 g/mol. The molecule has 0 aromatic heterocycles. The van der Waals surface area contributed by atoms with Gasteiger partial charge in [0.25, 0.3) is 11.1 Å². The van der Waals surface area contributed by atoms with Gasteiger partial charge in [-0.15, -0.1) is 0 Å². The van der Waals surface area contributed by atoms with Gasteiger partial charge < -0.3 is 9.47 Å². The van der Waals surface area contributed by atoms with E-state index in [0.717, 1.165) is 32.9 Å². The Bertz CT molecular complexity index is 1060. The van der Waals surface area contributed by atoms with E-state index in [1.54, 1.807) is 25.3 Å². The predicted octanol–water partition coefficient (Wildman–Crippen LogP) is 5.20. The van der Waals surface area contributed by atoms with Gasteiger partial charge in [-0.2, -0.15) is 5.26 Å². The third-order valence-electron chi connectivity index (χ3n) is 4.38. The molecule has 3 rings (SSSR count). The zero-order valence-electron chi connectivity index (χ0n) is 16.5. The van der Waals surface area contributed by atoms with E-state index in [4.69, 9.17) is 9.47 Å². The fourth-order valence-corrected chi connectivity index (χ4v) is 4.58. The fraction of sp³-hybridized carbons (Fsp3) is 0.227. The van der Waals surface area contributed by atoms with E-state index in [9.17, 15) is 14.9 Å². The average molecular weight is 534 g/mol. The highest BCUT2D eigenvalue weighted by atomic mass is 127. The molecule has 0 radical (unpaired) electrons. The Morgan fingerprint density at radius 3 is 2.73 bits per heavy atom. The molecule has 0 aliphatic carbocycles. The molecule has 1 heterocycles. The first-order chi connectivity index (χ1) is 14.5. The van der Waals surface area contributed by atoms with Gasteiger partial charge in [-0.25, -0.2) is 0 Å². The molecule has 2 aromatic carbocycles. The minimum atomic E-state index is -0.269.